The summed E-state index contributed by atoms with van der Waals surface area (Å²) in [4.78, 5) is 26.9. The maximum absolute atomic E-state index is 14.2. The lowest BCUT2D eigenvalue weighted by Crippen LogP contribution is -2.03. The van der Waals surface area contributed by atoms with E-state index < -0.39 is 29.0 Å². The highest BCUT2D eigenvalue weighted by atomic mass is 19.1. The van der Waals surface area contributed by atoms with E-state index in [2.05, 4.69) is 9.72 Å². The third kappa shape index (κ3) is 2.84. The molecule has 3 aromatic rings. The van der Waals surface area contributed by atoms with Crippen molar-refractivity contribution in [1.82, 2.24) is 4.98 Å². The monoisotopic (exact) mass is 345 g/mol. The first-order chi connectivity index (χ1) is 12.0. The van der Waals surface area contributed by atoms with E-state index in [1.54, 1.807) is 0 Å². The number of benzene rings is 2. The van der Waals surface area contributed by atoms with Crippen molar-refractivity contribution in [3.05, 3.63) is 65.1 Å². The molecule has 0 fully saturated rings. The Labute approximate surface area is 139 Å². The van der Waals surface area contributed by atoms with Crippen LogP contribution in [0.15, 0.2) is 36.5 Å². The fourth-order valence-corrected chi connectivity index (χ4v) is 2.57. The summed E-state index contributed by atoms with van der Waals surface area (Å²) in [5.74, 6) is -4.02. The van der Waals surface area contributed by atoms with Crippen LogP contribution >= 0.6 is 0 Å². The number of carbonyl (C=O) groups is 2. The van der Waals surface area contributed by atoms with Crippen molar-refractivity contribution < 1.29 is 27.5 Å². The van der Waals surface area contributed by atoms with E-state index in [4.69, 9.17) is 0 Å². The van der Waals surface area contributed by atoms with Gasteiger partial charge in [0.25, 0.3) is 0 Å². The first-order valence-corrected chi connectivity index (χ1v) is 7.07. The normalized spacial score (nSPS) is 10.7. The molecule has 0 bridgehead atoms. The molecule has 0 N–H and O–H groups in total. The van der Waals surface area contributed by atoms with Crippen LogP contribution in [-0.2, 0) is 4.74 Å². The quantitative estimate of drug-likeness (QED) is 0.533. The molecule has 0 amide bonds. The average Bonchev–Trinajstić information content (AvgIpc) is 2.59. The molecule has 0 aliphatic carbocycles. The van der Waals surface area contributed by atoms with Gasteiger partial charge in [-0.05, 0) is 17.5 Å². The zero-order valence-corrected chi connectivity index (χ0v) is 12.8. The molecule has 4 nitrogen and oxygen atoms in total. The Morgan fingerprint density at radius 1 is 1.08 bits per heavy atom. The molecular weight excluding hydrogens is 335 g/mol. The number of aromatic nitrogens is 1. The zero-order chi connectivity index (χ0) is 18.1. The summed E-state index contributed by atoms with van der Waals surface area (Å²) >= 11 is 0. The van der Waals surface area contributed by atoms with Gasteiger partial charge in [0.2, 0.25) is 0 Å². The maximum Gasteiger partial charge on any atom is 0.337 e. The minimum Gasteiger partial charge on any atom is -0.465 e. The maximum atomic E-state index is 14.2. The number of halogens is 3. The fourth-order valence-electron chi connectivity index (χ4n) is 2.57. The summed E-state index contributed by atoms with van der Waals surface area (Å²) in [7, 11) is 1.19. The van der Waals surface area contributed by atoms with Crippen LogP contribution in [-0.4, -0.2) is 24.3 Å². The number of nitrogens with zero attached hydrogens (tertiary/aromatic N) is 1. The van der Waals surface area contributed by atoms with E-state index in [0.717, 1.165) is 6.20 Å². The summed E-state index contributed by atoms with van der Waals surface area (Å²) in [5, 5.41) is 0.507. The minimum atomic E-state index is -1.14. The molecule has 0 radical (unpaired) electrons. The van der Waals surface area contributed by atoms with E-state index in [-0.39, 0.29) is 22.2 Å². The van der Waals surface area contributed by atoms with Crippen LogP contribution in [0, 0.1) is 17.5 Å². The minimum absolute atomic E-state index is 0.115. The lowest BCUT2D eigenvalue weighted by molar-refractivity contribution is 0.0601. The first kappa shape index (κ1) is 16.6. The fraction of sp³-hybridized carbons (Fsp3) is 0.0556. The Hall–Kier alpha value is -3.22. The largest absolute Gasteiger partial charge is 0.465 e. The van der Waals surface area contributed by atoms with Crippen LogP contribution in [0.2, 0.25) is 0 Å². The molecular formula is C18H10F3NO3. The number of methoxy groups -OCH3 is 1. The molecule has 7 heteroatoms. The number of hydrogen-bond acceptors (Lipinski definition) is 4. The molecule has 126 valence electrons. The number of carbonyl (C=O) groups excluding carboxylic acids is 2. The Balaban J connectivity index is 2.39. The highest BCUT2D eigenvalue weighted by molar-refractivity contribution is 6.06. The standard InChI is InChI=1S/C18H10F3NO3/c1-25-18(24)9-2-3-12-10(8-23)7-22-17(13(12)4-9)16-14(20)5-11(19)6-15(16)21/h2-8H,1H3. The first-order valence-electron chi connectivity index (χ1n) is 7.07. The van der Waals surface area contributed by atoms with Gasteiger partial charge in [-0.15, -0.1) is 0 Å². The molecule has 3 rings (SSSR count). The van der Waals surface area contributed by atoms with E-state index >= 15 is 0 Å². The highest BCUT2D eigenvalue weighted by Gasteiger charge is 2.19. The second kappa shape index (κ2) is 6.35. The summed E-state index contributed by atoms with van der Waals surface area (Å²) in [6.45, 7) is 0. The van der Waals surface area contributed by atoms with Gasteiger partial charge in [0.1, 0.15) is 17.5 Å². The van der Waals surface area contributed by atoms with Crippen molar-refractivity contribution in [3.63, 3.8) is 0 Å². The number of esters is 1. The van der Waals surface area contributed by atoms with Crippen molar-refractivity contribution in [2.24, 2.45) is 0 Å². The second-order valence-corrected chi connectivity index (χ2v) is 5.18. The predicted octanol–water partition coefficient (Wildman–Crippen LogP) is 3.92. The van der Waals surface area contributed by atoms with Crippen molar-refractivity contribution in [2.45, 2.75) is 0 Å². The van der Waals surface area contributed by atoms with Gasteiger partial charge in [-0.3, -0.25) is 9.78 Å². The van der Waals surface area contributed by atoms with Gasteiger partial charge in [0, 0.05) is 29.3 Å². The highest BCUT2D eigenvalue weighted by Crippen LogP contribution is 2.33. The topological polar surface area (TPSA) is 56.3 Å². The van der Waals surface area contributed by atoms with Crippen molar-refractivity contribution in [1.29, 1.82) is 0 Å². The summed E-state index contributed by atoms with van der Waals surface area (Å²) in [6, 6.07) is 5.25. The Morgan fingerprint density at radius 2 is 1.76 bits per heavy atom. The molecule has 0 spiro atoms. The number of hydrogen-bond donors (Lipinski definition) is 0. The van der Waals surface area contributed by atoms with E-state index in [0.29, 0.717) is 23.8 Å². The summed E-state index contributed by atoms with van der Waals surface area (Å²) in [5.41, 5.74) is -0.408. The van der Waals surface area contributed by atoms with Crippen molar-refractivity contribution in [3.8, 4) is 11.3 Å². The molecule has 0 saturated heterocycles. The Kier molecular flexibility index (Phi) is 4.22. The predicted molar refractivity (Wildman–Crippen MR) is 83.8 cm³/mol. The Bertz CT molecular complexity index is 995. The van der Waals surface area contributed by atoms with Gasteiger partial charge in [0.15, 0.2) is 6.29 Å². The van der Waals surface area contributed by atoms with Crippen molar-refractivity contribution >= 4 is 23.0 Å². The smallest absolute Gasteiger partial charge is 0.337 e. The van der Waals surface area contributed by atoms with Crippen LogP contribution < -0.4 is 0 Å². The molecule has 0 saturated carbocycles. The Morgan fingerprint density at radius 3 is 2.36 bits per heavy atom. The SMILES string of the molecule is COC(=O)c1ccc2c(C=O)cnc(-c3c(F)cc(F)cc3F)c2c1. The van der Waals surface area contributed by atoms with Crippen LogP contribution in [0.25, 0.3) is 22.0 Å². The lowest BCUT2D eigenvalue weighted by atomic mass is 9.98. The lowest BCUT2D eigenvalue weighted by Gasteiger charge is -2.11. The molecule has 1 aromatic heterocycles. The summed E-state index contributed by atoms with van der Waals surface area (Å²) in [6.07, 6.45) is 1.69. The number of fused-ring (bicyclic) bond motifs is 1. The molecule has 1 heterocycles. The number of rotatable bonds is 3. The molecule has 0 atom stereocenters. The number of ether oxygens (including phenoxy) is 1. The third-order valence-electron chi connectivity index (χ3n) is 3.71. The average molecular weight is 345 g/mol. The van der Waals surface area contributed by atoms with Crippen LogP contribution in [0.5, 0.6) is 0 Å². The molecule has 0 aliphatic rings. The van der Waals surface area contributed by atoms with E-state index in [9.17, 15) is 22.8 Å². The van der Waals surface area contributed by atoms with Crippen LogP contribution in [0.4, 0.5) is 13.2 Å². The second-order valence-electron chi connectivity index (χ2n) is 5.18. The zero-order valence-electron chi connectivity index (χ0n) is 12.8. The van der Waals surface area contributed by atoms with E-state index in [1.807, 2.05) is 0 Å². The van der Waals surface area contributed by atoms with Crippen LogP contribution in [0.1, 0.15) is 20.7 Å². The number of aldehydes is 1. The summed E-state index contributed by atoms with van der Waals surface area (Å²) < 4.78 is 46.1. The number of pyridine rings is 1. The van der Waals surface area contributed by atoms with Gasteiger partial charge in [-0.1, -0.05) is 6.07 Å². The van der Waals surface area contributed by atoms with Gasteiger partial charge >= 0.3 is 5.97 Å². The van der Waals surface area contributed by atoms with Crippen LogP contribution in [0.3, 0.4) is 0 Å². The van der Waals surface area contributed by atoms with Gasteiger partial charge in [-0.2, -0.15) is 0 Å². The van der Waals surface area contributed by atoms with Gasteiger partial charge in [-0.25, -0.2) is 18.0 Å². The van der Waals surface area contributed by atoms with E-state index in [1.165, 1.54) is 25.3 Å². The molecule has 0 aliphatic heterocycles. The van der Waals surface area contributed by atoms with Gasteiger partial charge in [0.05, 0.1) is 23.9 Å². The third-order valence-corrected chi connectivity index (χ3v) is 3.71. The van der Waals surface area contributed by atoms with Crippen molar-refractivity contribution in [2.75, 3.05) is 7.11 Å². The van der Waals surface area contributed by atoms with Gasteiger partial charge < -0.3 is 4.74 Å². The molecule has 2 aromatic carbocycles. The molecule has 25 heavy (non-hydrogen) atoms. The molecule has 0 unspecified atom stereocenters.